The Kier molecular flexibility index (Phi) is 6.77. The molecule has 0 amide bonds. The first-order valence-corrected chi connectivity index (χ1v) is 7.41. The summed E-state index contributed by atoms with van der Waals surface area (Å²) in [7, 11) is 0. The molecule has 0 aliphatic carbocycles. The highest BCUT2D eigenvalue weighted by Gasteiger charge is 2.05. The van der Waals surface area contributed by atoms with Crippen molar-refractivity contribution in [3.8, 4) is 0 Å². The van der Waals surface area contributed by atoms with Gasteiger partial charge in [-0.2, -0.15) is 0 Å². The van der Waals surface area contributed by atoms with Crippen LogP contribution in [0.3, 0.4) is 0 Å². The van der Waals surface area contributed by atoms with Crippen LogP contribution in [0, 0.1) is 5.92 Å². The summed E-state index contributed by atoms with van der Waals surface area (Å²) in [6.45, 7) is 3.92. The zero-order valence-corrected chi connectivity index (χ0v) is 12.3. The van der Waals surface area contributed by atoms with Crippen LogP contribution in [0.5, 0.6) is 0 Å². The minimum absolute atomic E-state index is 0.275. The Balaban J connectivity index is 2.08. The van der Waals surface area contributed by atoms with Crippen molar-refractivity contribution < 1.29 is 9.90 Å². The summed E-state index contributed by atoms with van der Waals surface area (Å²) in [6.07, 6.45) is 2.06. The number of carbonyl (C=O) groups is 1. The summed E-state index contributed by atoms with van der Waals surface area (Å²) in [5.41, 5.74) is 0. The van der Waals surface area contributed by atoms with Crippen LogP contribution in [0.25, 0.3) is 0 Å². The molecule has 0 aliphatic rings. The van der Waals surface area contributed by atoms with Crippen LogP contribution in [0.4, 0.5) is 0 Å². The molecule has 0 spiro atoms. The lowest BCUT2D eigenvalue weighted by molar-refractivity contribution is -0.137. The molecule has 2 N–H and O–H groups in total. The number of rotatable bonds is 8. The van der Waals surface area contributed by atoms with Gasteiger partial charge in [-0.05, 0) is 52.7 Å². The van der Waals surface area contributed by atoms with Crippen LogP contribution < -0.4 is 5.32 Å². The Morgan fingerprint density at radius 2 is 2.35 bits per heavy atom. The normalized spacial score (nSPS) is 12.6. The molecule has 0 saturated carbocycles. The minimum Gasteiger partial charge on any atom is -0.481 e. The average Bonchev–Trinajstić information content (AvgIpc) is 2.68. The van der Waals surface area contributed by atoms with Crippen LogP contribution >= 0.6 is 27.3 Å². The molecule has 0 bridgehead atoms. The van der Waals surface area contributed by atoms with Gasteiger partial charge in [0.25, 0.3) is 0 Å². The summed E-state index contributed by atoms with van der Waals surface area (Å²) < 4.78 is 1.16. The fourth-order valence-electron chi connectivity index (χ4n) is 1.52. The van der Waals surface area contributed by atoms with Crippen LogP contribution in [0.15, 0.2) is 15.9 Å². The first-order chi connectivity index (χ1) is 8.09. The van der Waals surface area contributed by atoms with Crippen molar-refractivity contribution in [1.82, 2.24) is 5.32 Å². The van der Waals surface area contributed by atoms with Gasteiger partial charge in [0, 0.05) is 22.3 Å². The lowest BCUT2D eigenvalue weighted by atomic mass is 10.0. The molecule has 0 aliphatic heterocycles. The third-order valence-corrected chi connectivity index (χ3v) is 4.57. The molecule has 3 nitrogen and oxygen atoms in total. The number of hydrogen-bond donors (Lipinski definition) is 2. The van der Waals surface area contributed by atoms with Crippen molar-refractivity contribution >= 4 is 33.2 Å². The highest BCUT2D eigenvalue weighted by Crippen LogP contribution is 2.22. The lowest BCUT2D eigenvalue weighted by Crippen LogP contribution is -2.17. The van der Waals surface area contributed by atoms with Gasteiger partial charge in [0.1, 0.15) is 0 Å². The molecule has 96 valence electrons. The molecule has 0 saturated heterocycles. The number of carboxylic acids is 1. The second kappa shape index (κ2) is 7.84. The molecule has 1 heterocycles. The summed E-state index contributed by atoms with van der Waals surface area (Å²) in [4.78, 5) is 11.7. The largest absolute Gasteiger partial charge is 0.481 e. The van der Waals surface area contributed by atoms with Crippen molar-refractivity contribution in [3.05, 3.63) is 20.8 Å². The van der Waals surface area contributed by atoms with Gasteiger partial charge < -0.3 is 10.4 Å². The Labute approximate surface area is 114 Å². The standard InChI is InChI=1S/C12H18BrNO2S/c1-9(2-3-12(15)16)4-6-14-8-11-10(13)5-7-17-11/h5,7,9,14H,2-4,6,8H2,1H3,(H,15,16). The lowest BCUT2D eigenvalue weighted by Gasteiger charge is -2.10. The van der Waals surface area contributed by atoms with E-state index in [-0.39, 0.29) is 6.42 Å². The van der Waals surface area contributed by atoms with Gasteiger partial charge >= 0.3 is 5.97 Å². The van der Waals surface area contributed by atoms with E-state index >= 15 is 0 Å². The van der Waals surface area contributed by atoms with E-state index in [0.717, 1.165) is 30.4 Å². The predicted molar refractivity (Wildman–Crippen MR) is 74.4 cm³/mol. The van der Waals surface area contributed by atoms with Crippen LogP contribution in [-0.2, 0) is 11.3 Å². The van der Waals surface area contributed by atoms with Crippen LogP contribution in [-0.4, -0.2) is 17.6 Å². The molecular formula is C12H18BrNO2S. The highest BCUT2D eigenvalue weighted by atomic mass is 79.9. The van der Waals surface area contributed by atoms with Gasteiger partial charge in [-0.15, -0.1) is 11.3 Å². The van der Waals surface area contributed by atoms with Gasteiger partial charge in [-0.1, -0.05) is 6.92 Å². The second-order valence-corrected chi connectivity index (χ2v) is 6.05. The molecule has 1 rings (SSSR count). The molecule has 5 heteroatoms. The van der Waals surface area contributed by atoms with Gasteiger partial charge in [-0.3, -0.25) is 4.79 Å². The van der Waals surface area contributed by atoms with Gasteiger partial charge in [-0.25, -0.2) is 0 Å². The van der Waals surface area contributed by atoms with Crippen LogP contribution in [0.1, 0.15) is 31.1 Å². The van der Waals surface area contributed by atoms with Crippen molar-refractivity contribution in [2.24, 2.45) is 5.92 Å². The Bertz CT molecular complexity index is 354. The molecular weight excluding hydrogens is 302 g/mol. The summed E-state index contributed by atoms with van der Waals surface area (Å²) in [6, 6.07) is 2.05. The topological polar surface area (TPSA) is 49.3 Å². The van der Waals surface area contributed by atoms with E-state index in [0.29, 0.717) is 5.92 Å². The molecule has 0 radical (unpaired) electrons. The zero-order valence-electron chi connectivity index (χ0n) is 9.91. The zero-order chi connectivity index (χ0) is 12.7. The molecule has 0 fully saturated rings. The fourth-order valence-corrected chi connectivity index (χ4v) is 2.98. The maximum atomic E-state index is 10.4. The first kappa shape index (κ1) is 14.7. The van der Waals surface area contributed by atoms with E-state index in [4.69, 9.17) is 5.11 Å². The smallest absolute Gasteiger partial charge is 0.303 e. The third kappa shape index (κ3) is 6.19. The average molecular weight is 320 g/mol. The van der Waals surface area contributed by atoms with E-state index in [1.807, 2.05) is 0 Å². The van der Waals surface area contributed by atoms with E-state index in [9.17, 15) is 4.79 Å². The number of hydrogen-bond acceptors (Lipinski definition) is 3. The maximum absolute atomic E-state index is 10.4. The number of halogens is 1. The van der Waals surface area contributed by atoms with Gasteiger partial charge in [0.05, 0.1) is 0 Å². The van der Waals surface area contributed by atoms with E-state index in [1.54, 1.807) is 11.3 Å². The minimum atomic E-state index is -0.702. The van der Waals surface area contributed by atoms with Crippen molar-refractivity contribution in [2.75, 3.05) is 6.54 Å². The quantitative estimate of drug-likeness (QED) is 0.721. The van der Waals surface area contributed by atoms with Crippen molar-refractivity contribution in [1.29, 1.82) is 0 Å². The van der Waals surface area contributed by atoms with Gasteiger partial charge in [0.2, 0.25) is 0 Å². The Morgan fingerprint density at radius 1 is 1.59 bits per heavy atom. The highest BCUT2D eigenvalue weighted by molar-refractivity contribution is 9.10. The van der Waals surface area contributed by atoms with Crippen LogP contribution in [0.2, 0.25) is 0 Å². The number of aliphatic carboxylic acids is 1. The molecule has 0 aromatic carbocycles. The first-order valence-electron chi connectivity index (χ1n) is 5.74. The fraction of sp³-hybridized carbons (Fsp3) is 0.583. The van der Waals surface area contributed by atoms with E-state index in [2.05, 4.69) is 39.6 Å². The molecule has 1 aromatic heterocycles. The Hall–Kier alpha value is -0.390. The summed E-state index contributed by atoms with van der Waals surface area (Å²) in [5.74, 6) is -0.238. The van der Waals surface area contributed by atoms with E-state index < -0.39 is 5.97 Å². The monoisotopic (exact) mass is 319 g/mol. The number of nitrogens with one attached hydrogen (secondary N) is 1. The SMILES string of the molecule is CC(CCNCc1sccc1Br)CCC(=O)O. The predicted octanol–water partition coefficient (Wildman–Crippen LogP) is 3.49. The second-order valence-electron chi connectivity index (χ2n) is 4.19. The number of carboxylic acid groups (broad SMARTS) is 1. The summed E-state index contributed by atoms with van der Waals surface area (Å²) in [5, 5.41) is 14.0. The summed E-state index contributed by atoms with van der Waals surface area (Å²) >= 11 is 5.23. The third-order valence-electron chi connectivity index (χ3n) is 2.64. The van der Waals surface area contributed by atoms with E-state index in [1.165, 1.54) is 4.88 Å². The van der Waals surface area contributed by atoms with Gasteiger partial charge in [0.15, 0.2) is 0 Å². The van der Waals surface area contributed by atoms with Crippen molar-refractivity contribution in [2.45, 2.75) is 32.7 Å². The molecule has 17 heavy (non-hydrogen) atoms. The van der Waals surface area contributed by atoms with Crippen molar-refractivity contribution in [3.63, 3.8) is 0 Å². The molecule has 1 unspecified atom stereocenters. The Morgan fingerprint density at radius 3 is 2.94 bits per heavy atom. The molecule has 1 aromatic rings. The molecule has 1 atom stereocenters. The number of thiophene rings is 1. The maximum Gasteiger partial charge on any atom is 0.303 e.